The topological polar surface area (TPSA) is 66.7 Å². The van der Waals surface area contributed by atoms with E-state index in [9.17, 15) is 9.59 Å². The number of piperazine rings is 1. The number of aromatic nitrogens is 1. The molecule has 0 bridgehead atoms. The molecular weight excluding hydrogens is 394 g/mol. The lowest BCUT2D eigenvalue weighted by molar-refractivity contribution is -0.133. The molecule has 4 rings (SSSR count). The molecule has 1 aliphatic rings. The summed E-state index contributed by atoms with van der Waals surface area (Å²) in [6.07, 6.45) is 2.23. The second-order valence-electron chi connectivity index (χ2n) is 6.68. The Bertz CT molecular complexity index is 911. The molecule has 0 unspecified atom stereocenters. The first-order valence-corrected chi connectivity index (χ1v) is 11.0. The largest absolute Gasteiger partial charge is 0.462 e. The number of amides is 1. The molecule has 1 saturated heterocycles. The first kappa shape index (κ1) is 19.0. The van der Waals surface area contributed by atoms with Crippen LogP contribution in [0.2, 0.25) is 0 Å². The smallest absolute Gasteiger partial charge is 0.223 e. The second-order valence-corrected chi connectivity index (χ2v) is 8.48. The van der Waals surface area contributed by atoms with E-state index in [1.807, 2.05) is 34.5 Å². The van der Waals surface area contributed by atoms with Gasteiger partial charge in [0.2, 0.25) is 5.91 Å². The number of ketones is 1. The first-order valence-electron chi connectivity index (χ1n) is 9.24. The number of hydrogen-bond acceptors (Lipinski definition) is 7. The third-order valence-electron chi connectivity index (χ3n) is 4.76. The van der Waals surface area contributed by atoms with Crippen LogP contribution in [0.15, 0.2) is 45.7 Å². The molecule has 1 fully saturated rings. The molecule has 0 atom stereocenters. The summed E-state index contributed by atoms with van der Waals surface area (Å²) in [5.74, 6) is 0.917. The van der Waals surface area contributed by atoms with Crippen molar-refractivity contribution >= 4 is 34.4 Å². The summed E-state index contributed by atoms with van der Waals surface area (Å²) >= 11 is 3.01. The first-order chi connectivity index (χ1) is 13.7. The molecule has 4 heterocycles. The summed E-state index contributed by atoms with van der Waals surface area (Å²) in [4.78, 5) is 34.0. The second kappa shape index (κ2) is 8.81. The zero-order valence-electron chi connectivity index (χ0n) is 15.4. The Morgan fingerprint density at radius 2 is 1.93 bits per heavy atom. The molecule has 0 radical (unpaired) electrons. The molecule has 8 heteroatoms. The van der Waals surface area contributed by atoms with Gasteiger partial charge in [-0.2, -0.15) is 0 Å². The summed E-state index contributed by atoms with van der Waals surface area (Å²) in [5, 5.41) is 4.84. The molecule has 3 aromatic rings. The maximum absolute atomic E-state index is 12.4. The van der Waals surface area contributed by atoms with Gasteiger partial charge in [-0.15, -0.1) is 22.7 Å². The fourth-order valence-corrected chi connectivity index (χ4v) is 4.69. The van der Waals surface area contributed by atoms with Crippen LogP contribution in [0.5, 0.6) is 0 Å². The van der Waals surface area contributed by atoms with Crippen LogP contribution in [0.25, 0.3) is 10.8 Å². The van der Waals surface area contributed by atoms with Gasteiger partial charge in [0.05, 0.1) is 16.8 Å². The molecule has 1 aliphatic heterocycles. The Kier molecular flexibility index (Phi) is 5.99. The predicted octanol–water partition coefficient (Wildman–Crippen LogP) is 3.77. The van der Waals surface area contributed by atoms with Crippen LogP contribution in [-0.2, 0) is 11.3 Å². The van der Waals surface area contributed by atoms with Crippen LogP contribution in [-0.4, -0.2) is 52.7 Å². The van der Waals surface area contributed by atoms with Gasteiger partial charge < -0.3 is 9.32 Å². The van der Waals surface area contributed by atoms with E-state index >= 15 is 0 Å². The molecular formula is C20H21N3O3S2. The van der Waals surface area contributed by atoms with Gasteiger partial charge in [-0.25, -0.2) is 4.98 Å². The highest BCUT2D eigenvalue weighted by molar-refractivity contribution is 7.13. The monoisotopic (exact) mass is 415 g/mol. The van der Waals surface area contributed by atoms with Crippen LogP contribution in [0, 0.1) is 0 Å². The highest BCUT2D eigenvalue weighted by Gasteiger charge is 2.22. The number of carbonyl (C=O) groups excluding carboxylic acids is 2. The minimum atomic E-state index is 0.0536. The molecule has 28 heavy (non-hydrogen) atoms. The van der Waals surface area contributed by atoms with Crippen LogP contribution in [0.4, 0.5) is 0 Å². The van der Waals surface area contributed by atoms with Gasteiger partial charge >= 0.3 is 0 Å². The molecule has 146 valence electrons. The summed E-state index contributed by atoms with van der Waals surface area (Å²) in [5.41, 5.74) is 1.03. The van der Waals surface area contributed by atoms with Gasteiger partial charge in [-0.1, -0.05) is 6.07 Å². The van der Waals surface area contributed by atoms with E-state index in [0.717, 1.165) is 41.0 Å². The third kappa shape index (κ3) is 4.57. The number of thiophene rings is 1. The van der Waals surface area contributed by atoms with Crippen molar-refractivity contribution in [3.8, 4) is 10.8 Å². The molecule has 3 aromatic heterocycles. The Labute approximate surface area is 171 Å². The minimum Gasteiger partial charge on any atom is -0.462 e. The minimum absolute atomic E-state index is 0.0536. The SMILES string of the molecule is O=C(CCC(=O)N1CCN(Cc2csc(-c3ccco3)n2)CC1)c1cccs1. The van der Waals surface area contributed by atoms with Gasteiger partial charge in [-0.3, -0.25) is 14.5 Å². The molecule has 1 amide bonds. The number of Topliss-reactive ketones (excluding diaryl/α,β-unsaturated/α-hetero) is 1. The number of nitrogens with zero attached hydrogens (tertiary/aromatic N) is 3. The van der Waals surface area contributed by atoms with E-state index in [-0.39, 0.29) is 24.5 Å². The Balaban J connectivity index is 1.22. The quantitative estimate of drug-likeness (QED) is 0.550. The number of carbonyl (C=O) groups is 2. The zero-order valence-corrected chi connectivity index (χ0v) is 17.0. The van der Waals surface area contributed by atoms with E-state index in [1.54, 1.807) is 17.6 Å². The van der Waals surface area contributed by atoms with Crippen molar-refractivity contribution in [2.45, 2.75) is 19.4 Å². The molecule has 0 saturated carbocycles. The highest BCUT2D eigenvalue weighted by Crippen LogP contribution is 2.24. The zero-order chi connectivity index (χ0) is 19.3. The summed E-state index contributed by atoms with van der Waals surface area (Å²) in [7, 11) is 0. The molecule has 6 nitrogen and oxygen atoms in total. The van der Waals surface area contributed by atoms with Crippen molar-refractivity contribution in [3.05, 3.63) is 51.9 Å². The van der Waals surface area contributed by atoms with Crippen LogP contribution in [0.1, 0.15) is 28.2 Å². The van der Waals surface area contributed by atoms with Crippen molar-refractivity contribution in [1.29, 1.82) is 0 Å². The molecule has 0 aromatic carbocycles. The molecule has 0 N–H and O–H groups in total. The Morgan fingerprint density at radius 1 is 1.07 bits per heavy atom. The molecule has 0 spiro atoms. The van der Waals surface area contributed by atoms with Gasteiger partial charge in [0, 0.05) is 50.9 Å². The fraction of sp³-hybridized carbons (Fsp3) is 0.350. The maximum atomic E-state index is 12.4. The van der Waals surface area contributed by atoms with Crippen molar-refractivity contribution in [1.82, 2.24) is 14.8 Å². The van der Waals surface area contributed by atoms with Crippen LogP contribution >= 0.6 is 22.7 Å². The number of rotatable bonds is 7. The normalized spacial score (nSPS) is 15.1. The number of hydrogen-bond donors (Lipinski definition) is 0. The Morgan fingerprint density at radius 3 is 2.64 bits per heavy atom. The lowest BCUT2D eigenvalue weighted by Gasteiger charge is -2.34. The maximum Gasteiger partial charge on any atom is 0.223 e. The summed E-state index contributed by atoms with van der Waals surface area (Å²) in [6, 6.07) is 7.45. The van der Waals surface area contributed by atoms with E-state index in [4.69, 9.17) is 4.42 Å². The number of thiazole rings is 1. The van der Waals surface area contributed by atoms with E-state index in [1.165, 1.54) is 11.3 Å². The van der Waals surface area contributed by atoms with Gasteiger partial charge in [-0.05, 0) is 23.6 Å². The van der Waals surface area contributed by atoms with Crippen molar-refractivity contribution in [2.75, 3.05) is 26.2 Å². The van der Waals surface area contributed by atoms with E-state index in [0.29, 0.717) is 13.1 Å². The average Bonchev–Trinajstić information content (AvgIpc) is 3.48. The van der Waals surface area contributed by atoms with Crippen molar-refractivity contribution in [2.24, 2.45) is 0 Å². The van der Waals surface area contributed by atoms with Crippen LogP contribution < -0.4 is 0 Å². The third-order valence-corrected chi connectivity index (χ3v) is 6.57. The Hall–Kier alpha value is -2.29. The lowest BCUT2D eigenvalue weighted by atomic mass is 10.1. The number of furan rings is 1. The van der Waals surface area contributed by atoms with Crippen LogP contribution in [0.3, 0.4) is 0 Å². The fourth-order valence-electron chi connectivity index (χ4n) is 3.22. The summed E-state index contributed by atoms with van der Waals surface area (Å²) in [6.45, 7) is 3.80. The van der Waals surface area contributed by atoms with E-state index in [2.05, 4.69) is 15.3 Å². The van der Waals surface area contributed by atoms with Gasteiger partial charge in [0.1, 0.15) is 0 Å². The molecule has 0 aliphatic carbocycles. The summed E-state index contributed by atoms with van der Waals surface area (Å²) < 4.78 is 5.39. The highest BCUT2D eigenvalue weighted by atomic mass is 32.1. The predicted molar refractivity (Wildman–Crippen MR) is 110 cm³/mol. The lowest BCUT2D eigenvalue weighted by Crippen LogP contribution is -2.48. The van der Waals surface area contributed by atoms with Gasteiger partial charge in [0.15, 0.2) is 16.6 Å². The average molecular weight is 416 g/mol. The van der Waals surface area contributed by atoms with Crippen molar-refractivity contribution in [3.63, 3.8) is 0 Å². The van der Waals surface area contributed by atoms with Crippen molar-refractivity contribution < 1.29 is 14.0 Å². The van der Waals surface area contributed by atoms with E-state index < -0.39 is 0 Å². The van der Waals surface area contributed by atoms with Gasteiger partial charge in [0.25, 0.3) is 0 Å². The standard InChI is InChI=1S/C20H21N3O3S2/c24-16(18-4-2-12-27-18)5-6-19(25)23-9-7-22(8-10-23)13-15-14-28-20(21-15)17-3-1-11-26-17/h1-4,11-12,14H,5-10,13H2.